The third kappa shape index (κ3) is 2.37. The Morgan fingerprint density at radius 3 is 3.00 bits per heavy atom. The van der Waals surface area contributed by atoms with E-state index < -0.39 is 0 Å². The molecule has 1 aliphatic rings. The highest BCUT2D eigenvalue weighted by molar-refractivity contribution is 9.10. The SMILES string of the molecule is Cc1ccc(CC2CCCN2)cc1Br. The van der Waals surface area contributed by atoms with E-state index in [0.717, 1.165) is 0 Å². The van der Waals surface area contributed by atoms with Gasteiger partial charge in [0.05, 0.1) is 0 Å². The quantitative estimate of drug-likeness (QED) is 0.855. The lowest BCUT2D eigenvalue weighted by Gasteiger charge is -2.10. The van der Waals surface area contributed by atoms with Crippen molar-refractivity contribution in [1.82, 2.24) is 5.32 Å². The summed E-state index contributed by atoms with van der Waals surface area (Å²) in [6.07, 6.45) is 3.82. The van der Waals surface area contributed by atoms with Gasteiger partial charge >= 0.3 is 0 Å². The molecule has 1 atom stereocenters. The van der Waals surface area contributed by atoms with Crippen molar-refractivity contribution in [3.8, 4) is 0 Å². The van der Waals surface area contributed by atoms with Gasteiger partial charge in [0, 0.05) is 10.5 Å². The van der Waals surface area contributed by atoms with Crippen molar-refractivity contribution in [2.24, 2.45) is 0 Å². The van der Waals surface area contributed by atoms with Crippen molar-refractivity contribution in [2.75, 3.05) is 6.54 Å². The van der Waals surface area contributed by atoms with Crippen molar-refractivity contribution < 1.29 is 0 Å². The van der Waals surface area contributed by atoms with E-state index in [2.05, 4.69) is 46.4 Å². The van der Waals surface area contributed by atoms with E-state index in [1.54, 1.807) is 0 Å². The fourth-order valence-corrected chi connectivity index (χ4v) is 2.40. The van der Waals surface area contributed by atoms with Crippen LogP contribution in [0.15, 0.2) is 22.7 Å². The zero-order chi connectivity index (χ0) is 9.97. The second kappa shape index (κ2) is 4.45. The first-order valence-electron chi connectivity index (χ1n) is 5.24. The van der Waals surface area contributed by atoms with Crippen molar-refractivity contribution in [1.29, 1.82) is 0 Å². The molecule has 0 spiro atoms. The van der Waals surface area contributed by atoms with Crippen LogP contribution in [0.1, 0.15) is 24.0 Å². The molecule has 0 amide bonds. The van der Waals surface area contributed by atoms with Crippen molar-refractivity contribution >= 4 is 15.9 Å². The van der Waals surface area contributed by atoms with Gasteiger partial charge in [-0.3, -0.25) is 0 Å². The van der Waals surface area contributed by atoms with Crippen LogP contribution in [-0.2, 0) is 6.42 Å². The smallest absolute Gasteiger partial charge is 0.0207 e. The molecule has 0 saturated carbocycles. The Balaban J connectivity index is 2.05. The van der Waals surface area contributed by atoms with Gasteiger partial charge in [-0.25, -0.2) is 0 Å². The van der Waals surface area contributed by atoms with Crippen LogP contribution in [0.2, 0.25) is 0 Å². The van der Waals surface area contributed by atoms with Crippen molar-refractivity contribution in [2.45, 2.75) is 32.2 Å². The Kier molecular flexibility index (Phi) is 3.24. The molecule has 1 N–H and O–H groups in total. The van der Waals surface area contributed by atoms with Gasteiger partial charge in [0.15, 0.2) is 0 Å². The van der Waals surface area contributed by atoms with E-state index in [1.165, 1.54) is 41.4 Å². The predicted octanol–water partition coefficient (Wildman–Crippen LogP) is 3.05. The summed E-state index contributed by atoms with van der Waals surface area (Å²) in [6, 6.07) is 7.37. The molecule has 0 bridgehead atoms. The van der Waals surface area contributed by atoms with Crippen LogP contribution in [0.25, 0.3) is 0 Å². The van der Waals surface area contributed by atoms with Gasteiger partial charge in [-0.2, -0.15) is 0 Å². The second-order valence-electron chi connectivity index (χ2n) is 4.08. The molecular weight excluding hydrogens is 238 g/mol. The zero-order valence-electron chi connectivity index (χ0n) is 8.52. The lowest BCUT2D eigenvalue weighted by Crippen LogP contribution is -2.23. The van der Waals surface area contributed by atoms with Crippen LogP contribution < -0.4 is 5.32 Å². The summed E-state index contributed by atoms with van der Waals surface area (Å²) in [6.45, 7) is 3.32. The number of hydrogen-bond donors (Lipinski definition) is 1. The molecular formula is C12H16BrN. The minimum Gasteiger partial charge on any atom is -0.314 e. The maximum absolute atomic E-state index is 3.58. The molecule has 1 aromatic rings. The fourth-order valence-electron chi connectivity index (χ4n) is 1.98. The largest absolute Gasteiger partial charge is 0.314 e. The van der Waals surface area contributed by atoms with Crippen molar-refractivity contribution in [3.05, 3.63) is 33.8 Å². The van der Waals surface area contributed by atoms with E-state index in [0.29, 0.717) is 6.04 Å². The fraction of sp³-hybridized carbons (Fsp3) is 0.500. The number of rotatable bonds is 2. The molecule has 2 rings (SSSR count). The highest BCUT2D eigenvalue weighted by atomic mass is 79.9. The van der Waals surface area contributed by atoms with Gasteiger partial charge < -0.3 is 5.32 Å². The zero-order valence-corrected chi connectivity index (χ0v) is 10.1. The summed E-state index contributed by atoms with van der Waals surface area (Å²) in [4.78, 5) is 0. The van der Waals surface area contributed by atoms with Crippen LogP contribution in [0.4, 0.5) is 0 Å². The molecule has 1 nitrogen and oxygen atoms in total. The second-order valence-corrected chi connectivity index (χ2v) is 4.94. The summed E-state index contributed by atoms with van der Waals surface area (Å²) in [5.74, 6) is 0. The Labute approximate surface area is 94.0 Å². The predicted molar refractivity (Wildman–Crippen MR) is 63.6 cm³/mol. The third-order valence-electron chi connectivity index (χ3n) is 2.88. The number of aryl methyl sites for hydroxylation is 1. The van der Waals surface area contributed by atoms with Gasteiger partial charge in [-0.15, -0.1) is 0 Å². The summed E-state index contributed by atoms with van der Waals surface area (Å²) in [7, 11) is 0. The van der Waals surface area contributed by atoms with Gasteiger partial charge in [-0.05, 0) is 49.9 Å². The number of benzene rings is 1. The normalized spacial score (nSPS) is 21.4. The molecule has 76 valence electrons. The molecule has 2 heteroatoms. The van der Waals surface area contributed by atoms with Crippen LogP contribution in [0.3, 0.4) is 0 Å². The van der Waals surface area contributed by atoms with Gasteiger partial charge in [0.25, 0.3) is 0 Å². The van der Waals surface area contributed by atoms with Crippen LogP contribution in [0, 0.1) is 6.92 Å². The molecule has 1 heterocycles. The summed E-state index contributed by atoms with van der Waals surface area (Å²) in [5, 5.41) is 3.52. The Morgan fingerprint density at radius 1 is 1.50 bits per heavy atom. The lowest BCUT2D eigenvalue weighted by atomic mass is 10.0. The minimum absolute atomic E-state index is 0.699. The molecule has 1 aromatic carbocycles. The van der Waals surface area contributed by atoms with Crippen LogP contribution in [0.5, 0.6) is 0 Å². The summed E-state index contributed by atoms with van der Waals surface area (Å²) in [5.41, 5.74) is 2.75. The topological polar surface area (TPSA) is 12.0 Å². The summed E-state index contributed by atoms with van der Waals surface area (Å²) >= 11 is 3.58. The first kappa shape index (κ1) is 10.2. The molecule has 1 aliphatic heterocycles. The standard InChI is InChI=1S/C12H16BrN/c1-9-4-5-10(8-12(9)13)7-11-3-2-6-14-11/h4-5,8,11,14H,2-3,6-7H2,1H3. The minimum atomic E-state index is 0.699. The first-order valence-corrected chi connectivity index (χ1v) is 6.03. The Morgan fingerprint density at radius 2 is 2.36 bits per heavy atom. The molecule has 14 heavy (non-hydrogen) atoms. The van der Waals surface area contributed by atoms with Gasteiger partial charge in [0.2, 0.25) is 0 Å². The van der Waals surface area contributed by atoms with Crippen LogP contribution in [-0.4, -0.2) is 12.6 Å². The van der Waals surface area contributed by atoms with Crippen molar-refractivity contribution in [3.63, 3.8) is 0 Å². The average molecular weight is 254 g/mol. The first-order chi connectivity index (χ1) is 6.75. The highest BCUT2D eigenvalue weighted by Gasteiger charge is 2.14. The van der Waals surface area contributed by atoms with E-state index in [9.17, 15) is 0 Å². The molecule has 0 aliphatic carbocycles. The van der Waals surface area contributed by atoms with Crippen LogP contribution >= 0.6 is 15.9 Å². The Hall–Kier alpha value is -0.340. The maximum atomic E-state index is 3.58. The summed E-state index contributed by atoms with van der Waals surface area (Å²) < 4.78 is 1.23. The highest BCUT2D eigenvalue weighted by Crippen LogP contribution is 2.20. The molecule has 0 aromatic heterocycles. The number of halogens is 1. The number of hydrogen-bond acceptors (Lipinski definition) is 1. The average Bonchev–Trinajstić information content (AvgIpc) is 2.64. The molecule has 1 fully saturated rings. The third-order valence-corrected chi connectivity index (χ3v) is 3.74. The van der Waals surface area contributed by atoms with E-state index in [4.69, 9.17) is 0 Å². The van der Waals surface area contributed by atoms with Gasteiger partial charge in [0.1, 0.15) is 0 Å². The van der Waals surface area contributed by atoms with Gasteiger partial charge in [-0.1, -0.05) is 28.1 Å². The maximum Gasteiger partial charge on any atom is 0.0207 e. The Bertz CT molecular complexity index is 316. The number of nitrogens with one attached hydrogen (secondary N) is 1. The molecule has 1 saturated heterocycles. The lowest BCUT2D eigenvalue weighted by molar-refractivity contribution is 0.603. The monoisotopic (exact) mass is 253 g/mol. The van der Waals surface area contributed by atoms with E-state index in [-0.39, 0.29) is 0 Å². The molecule has 0 radical (unpaired) electrons. The van der Waals surface area contributed by atoms with E-state index >= 15 is 0 Å². The molecule has 1 unspecified atom stereocenters. The van der Waals surface area contributed by atoms with E-state index in [1.807, 2.05) is 0 Å².